The van der Waals surface area contributed by atoms with E-state index in [1.807, 2.05) is 12.1 Å². The number of esters is 1. The zero-order valence-corrected chi connectivity index (χ0v) is 18.0. The highest BCUT2D eigenvalue weighted by atomic mass is 32.1. The summed E-state index contributed by atoms with van der Waals surface area (Å²) in [7, 11) is 2.91. The Labute approximate surface area is 178 Å². The zero-order chi connectivity index (χ0) is 21.5. The van der Waals surface area contributed by atoms with Gasteiger partial charge in [0.05, 0.1) is 31.0 Å². The van der Waals surface area contributed by atoms with Crippen molar-refractivity contribution in [2.75, 3.05) is 20.8 Å². The van der Waals surface area contributed by atoms with E-state index in [4.69, 9.17) is 14.2 Å². The van der Waals surface area contributed by atoms with Gasteiger partial charge in [-0.05, 0) is 48.9 Å². The second-order valence-corrected chi connectivity index (χ2v) is 7.53. The van der Waals surface area contributed by atoms with Gasteiger partial charge in [-0.15, -0.1) is 0 Å². The average Bonchev–Trinajstić information content (AvgIpc) is 3.10. The van der Waals surface area contributed by atoms with Gasteiger partial charge in [0, 0.05) is 5.56 Å². The molecule has 3 aromatic rings. The molecule has 0 saturated carbocycles. The number of ether oxygens (including phenoxy) is 3. The summed E-state index contributed by atoms with van der Waals surface area (Å²) in [5.74, 6) is 0.584. The van der Waals surface area contributed by atoms with E-state index < -0.39 is 11.9 Å². The Kier molecular flexibility index (Phi) is 7.24. The largest absolute Gasteiger partial charge is 0.497 e. The second kappa shape index (κ2) is 10.1. The number of nitrogens with zero attached hydrogens (tertiary/aromatic N) is 2. The standard InChI is InChI=1S/C22H24N2O5S/c1-4-5-12-29-16-8-6-15(7-9-16)21(26)23-22-24(14-20(25)28-3)18-11-10-17(27-2)13-19(18)30-22/h6-11,13H,4-5,12,14H2,1-3H3. The molecule has 0 unspecified atom stereocenters. The number of hydrogen-bond donors (Lipinski definition) is 0. The van der Waals surface area contributed by atoms with Crippen LogP contribution >= 0.6 is 11.3 Å². The summed E-state index contributed by atoms with van der Waals surface area (Å²) in [4.78, 5) is 29.3. The van der Waals surface area contributed by atoms with E-state index in [2.05, 4.69) is 11.9 Å². The van der Waals surface area contributed by atoms with Crippen molar-refractivity contribution in [1.82, 2.24) is 4.57 Å². The van der Waals surface area contributed by atoms with E-state index in [0.717, 1.165) is 28.8 Å². The minimum atomic E-state index is -0.423. The van der Waals surface area contributed by atoms with E-state index in [0.29, 0.717) is 22.7 Å². The number of benzene rings is 2. The Morgan fingerprint density at radius 2 is 1.80 bits per heavy atom. The van der Waals surface area contributed by atoms with Crippen LogP contribution in [-0.2, 0) is 16.1 Å². The summed E-state index contributed by atoms with van der Waals surface area (Å²) >= 11 is 1.31. The highest BCUT2D eigenvalue weighted by molar-refractivity contribution is 7.16. The molecule has 0 saturated heterocycles. The number of carbonyl (C=O) groups is 2. The van der Waals surface area contributed by atoms with Gasteiger partial charge in [0.2, 0.25) is 0 Å². The van der Waals surface area contributed by atoms with Crippen LogP contribution in [0.1, 0.15) is 30.1 Å². The molecule has 0 radical (unpaired) electrons. The third kappa shape index (κ3) is 5.07. The predicted octanol–water partition coefficient (Wildman–Crippen LogP) is 3.80. The van der Waals surface area contributed by atoms with Gasteiger partial charge >= 0.3 is 5.97 Å². The Hall–Kier alpha value is -3.13. The normalized spacial score (nSPS) is 11.5. The van der Waals surface area contributed by atoms with E-state index in [9.17, 15) is 9.59 Å². The van der Waals surface area contributed by atoms with Crippen molar-refractivity contribution in [2.45, 2.75) is 26.3 Å². The first-order chi connectivity index (χ1) is 14.5. The smallest absolute Gasteiger partial charge is 0.325 e. The second-order valence-electron chi connectivity index (χ2n) is 6.52. The Balaban J connectivity index is 1.94. The van der Waals surface area contributed by atoms with Crippen molar-refractivity contribution in [2.24, 2.45) is 4.99 Å². The summed E-state index contributed by atoms with van der Waals surface area (Å²) in [6, 6.07) is 12.4. The number of carbonyl (C=O) groups excluding carboxylic acids is 2. The maximum absolute atomic E-state index is 12.7. The SMILES string of the molecule is CCCCOc1ccc(C(=O)N=c2sc3cc(OC)ccc3n2CC(=O)OC)cc1. The number of methoxy groups -OCH3 is 2. The van der Waals surface area contributed by atoms with Crippen LogP contribution < -0.4 is 14.3 Å². The third-order valence-electron chi connectivity index (χ3n) is 4.47. The van der Waals surface area contributed by atoms with E-state index in [1.54, 1.807) is 42.0 Å². The fourth-order valence-corrected chi connectivity index (χ4v) is 3.85. The van der Waals surface area contributed by atoms with Gasteiger partial charge in [0.15, 0.2) is 4.80 Å². The molecule has 1 aromatic heterocycles. The fraction of sp³-hybridized carbons (Fsp3) is 0.318. The third-order valence-corrected chi connectivity index (χ3v) is 5.51. The van der Waals surface area contributed by atoms with Crippen LogP contribution in [0.4, 0.5) is 0 Å². The van der Waals surface area contributed by atoms with Crippen LogP contribution in [0.2, 0.25) is 0 Å². The number of thiazole rings is 1. The lowest BCUT2D eigenvalue weighted by molar-refractivity contribution is -0.141. The molecule has 0 atom stereocenters. The highest BCUT2D eigenvalue weighted by Gasteiger charge is 2.13. The predicted molar refractivity (Wildman–Crippen MR) is 115 cm³/mol. The maximum atomic E-state index is 12.7. The Morgan fingerprint density at radius 3 is 2.47 bits per heavy atom. The van der Waals surface area contributed by atoms with Gasteiger partial charge in [-0.25, -0.2) is 0 Å². The molecular weight excluding hydrogens is 404 g/mol. The molecule has 2 aromatic carbocycles. The molecule has 0 aliphatic rings. The molecule has 0 N–H and O–H groups in total. The number of hydrogen-bond acceptors (Lipinski definition) is 6. The number of aromatic nitrogens is 1. The van der Waals surface area contributed by atoms with Gasteiger partial charge in [-0.3, -0.25) is 9.59 Å². The molecule has 7 nitrogen and oxygen atoms in total. The van der Waals surface area contributed by atoms with E-state index >= 15 is 0 Å². The molecule has 0 fully saturated rings. The highest BCUT2D eigenvalue weighted by Crippen LogP contribution is 2.23. The number of fused-ring (bicyclic) bond motifs is 1. The summed E-state index contributed by atoms with van der Waals surface area (Å²) in [5.41, 5.74) is 1.22. The van der Waals surface area contributed by atoms with Crippen molar-refractivity contribution < 1.29 is 23.8 Å². The molecule has 0 aliphatic carbocycles. The molecule has 3 rings (SSSR count). The van der Waals surface area contributed by atoms with Crippen molar-refractivity contribution in [3.05, 3.63) is 52.8 Å². The maximum Gasteiger partial charge on any atom is 0.325 e. The number of amides is 1. The van der Waals surface area contributed by atoms with Crippen molar-refractivity contribution in [1.29, 1.82) is 0 Å². The quantitative estimate of drug-likeness (QED) is 0.403. The number of unbranched alkanes of at least 4 members (excludes halogenated alkanes) is 1. The molecular formula is C22H24N2O5S. The van der Waals surface area contributed by atoms with Crippen LogP contribution in [0.25, 0.3) is 10.2 Å². The van der Waals surface area contributed by atoms with Crippen LogP contribution in [0, 0.1) is 0 Å². The van der Waals surface area contributed by atoms with Crippen LogP contribution in [0.3, 0.4) is 0 Å². The minimum Gasteiger partial charge on any atom is -0.497 e. The fourth-order valence-electron chi connectivity index (χ4n) is 2.79. The lowest BCUT2D eigenvalue weighted by Crippen LogP contribution is -2.22. The van der Waals surface area contributed by atoms with E-state index in [1.165, 1.54) is 18.4 Å². The average molecular weight is 429 g/mol. The van der Waals surface area contributed by atoms with Crippen molar-refractivity contribution in [3.8, 4) is 11.5 Å². The lowest BCUT2D eigenvalue weighted by atomic mass is 10.2. The molecule has 0 spiro atoms. The summed E-state index contributed by atoms with van der Waals surface area (Å²) in [6.45, 7) is 2.70. The van der Waals surface area contributed by atoms with Gasteiger partial charge < -0.3 is 18.8 Å². The molecule has 1 amide bonds. The molecule has 158 valence electrons. The lowest BCUT2D eigenvalue weighted by Gasteiger charge is -2.05. The van der Waals surface area contributed by atoms with Gasteiger partial charge in [-0.2, -0.15) is 4.99 Å². The van der Waals surface area contributed by atoms with Crippen LogP contribution in [-0.4, -0.2) is 37.3 Å². The van der Waals surface area contributed by atoms with Crippen LogP contribution in [0.5, 0.6) is 11.5 Å². The van der Waals surface area contributed by atoms with Gasteiger partial charge in [0.25, 0.3) is 5.91 Å². The zero-order valence-electron chi connectivity index (χ0n) is 17.2. The molecule has 1 heterocycles. The number of rotatable bonds is 8. The Morgan fingerprint density at radius 1 is 1.07 bits per heavy atom. The molecule has 30 heavy (non-hydrogen) atoms. The van der Waals surface area contributed by atoms with Crippen LogP contribution in [0.15, 0.2) is 47.5 Å². The first-order valence-corrected chi connectivity index (χ1v) is 10.4. The van der Waals surface area contributed by atoms with E-state index in [-0.39, 0.29) is 6.54 Å². The van der Waals surface area contributed by atoms with Crippen molar-refractivity contribution >= 4 is 33.4 Å². The summed E-state index contributed by atoms with van der Waals surface area (Å²) in [6.07, 6.45) is 2.04. The van der Waals surface area contributed by atoms with Crippen molar-refractivity contribution in [3.63, 3.8) is 0 Å². The topological polar surface area (TPSA) is 79.1 Å². The van der Waals surface area contributed by atoms with Gasteiger partial charge in [0.1, 0.15) is 18.0 Å². The molecule has 8 heteroatoms. The summed E-state index contributed by atoms with van der Waals surface area (Å²) < 4.78 is 18.2. The monoisotopic (exact) mass is 428 g/mol. The molecule has 0 bridgehead atoms. The first-order valence-electron chi connectivity index (χ1n) is 9.61. The Bertz CT molecular complexity index is 1100. The first kappa shape index (κ1) is 21.6. The molecule has 0 aliphatic heterocycles. The summed E-state index contributed by atoms with van der Waals surface area (Å²) in [5, 5.41) is 0. The minimum absolute atomic E-state index is 0.0425. The van der Waals surface area contributed by atoms with Gasteiger partial charge in [-0.1, -0.05) is 24.7 Å².